The molecule has 172 valence electrons. The number of para-hydroxylation sites is 1. The first kappa shape index (κ1) is 22.3. The zero-order valence-corrected chi connectivity index (χ0v) is 20.0. The van der Waals surface area contributed by atoms with Crippen molar-refractivity contribution in [3.05, 3.63) is 94.9 Å². The summed E-state index contributed by atoms with van der Waals surface area (Å²) in [5.41, 5.74) is 5.52. The molecule has 0 aliphatic heterocycles. The third-order valence-corrected chi connectivity index (χ3v) is 7.98. The Morgan fingerprint density at radius 2 is 1.62 bits per heavy atom. The minimum Gasteiger partial charge on any atom is -0.298 e. The van der Waals surface area contributed by atoms with Gasteiger partial charge in [0.25, 0.3) is 15.9 Å². The third kappa shape index (κ3) is 4.88. The second-order valence-electron chi connectivity index (χ2n) is 8.18. The predicted octanol–water partition coefficient (Wildman–Crippen LogP) is 5.74. The minimum atomic E-state index is -3.74. The number of anilines is 2. The molecule has 0 saturated heterocycles. The van der Waals surface area contributed by atoms with E-state index in [0.29, 0.717) is 16.4 Å². The van der Waals surface area contributed by atoms with Gasteiger partial charge in [0.15, 0.2) is 5.13 Å². The Kier molecular flexibility index (Phi) is 6.17. The van der Waals surface area contributed by atoms with Crippen LogP contribution in [0.3, 0.4) is 0 Å². The Hall–Kier alpha value is -3.49. The van der Waals surface area contributed by atoms with Gasteiger partial charge in [-0.2, -0.15) is 0 Å². The molecule has 4 aromatic rings. The number of amides is 1. The molecule has 0 saturated carbocycles. The van der Waals surface area contributed by atoms with Gasteiger partial charge in [0.2, 0.25) is 0 Å². The average molecular weight is 490 g/mol. The number of hydrogen-bond donors (Lipinski definition) is 2. The Balaban J connectivity index is 1.27. The standard InChI is InChI=1S/C26H23N3O3S2/c30-25(19-12-14-23(15-13-19)34(31,32)29-22-8-2-1-3-9-22)28-26-27-24(17-33-26)21-11-10-18-6-4-5-7-20(18)16-21/h1-3,8-17,29H,4-7H2,(H,27,28,30). The molecule has 1 aromatic heterocycles. The molecule has 1 heterocycles. The second-order valence-corrected chi connectivity index (χ2v) is 10.7. The molecule has 6 nitrogen and oxygen atoms in total. The van der Waals surface area contributed by atoms with E-state index in [2.05, 4.69) is 33.2 Å². The molecule has 0 unspecified atom stereocenters. The topological polar surface area (TPSA) is 88.2 Å². The summed E-state index contributed by atoms with van der Waals surface area (Å²) in [4.78, 5) is 17.4. The van der Waals surface area contributed by atoms with Gasteiger partial charge in [0.05, 0.1) is 10.6 Å². The lowest BCUT2D eigenvalue weighted by molar-refractivity contribution is 0.102. The fourth-order valence-electron chi connectivity index (χ4n) is 4.03. The van der Waals surface area contributed by atoms with Crippen LogP contribution >= 0.6 is 11.3 Å². The van der Waals surface area contributed by atoms with Crippen LogP contribution in [-0.2, 0) is 22.9 Å². The summed E-state index contributed by atoms with van der Waals surface area (Å²) >= 11 is 1.36. The quantitative estimate of drug-likeness (QED) is 0.361. The SMILES string of the molecule is O=C(Nc1nc(-c2ccc3c(c2)CCCC3)cs1)c1ccc(S(=O)(=O)Nc2ccccc2)cc1. The van der Waals surface area contributed by atoms with Crippen molar-refractivity contribution in [1.29, 1.82) is 0 Å². The molecule has 34 heavy (non-hydrogen) atoms. The third-order valence-electron chi connectivity index (χ3n) is 5.82. The molecule has 0 fully saturated rings. The highest BCUT2D eigenvalue weighted by molar-refractivity contribution is 7.92. The highest BCUT2D eigenvalue weighted by atomic mass is 32.2. The molecule has 5 rings (SSSR count). The van der Waals surface area contributed by atoms with Crippen molar-refractivity contribution in [3.63, 3.8) is 0 Å². The minimum absolute atomic E-state index is 0.0804. The number of sulfonamides is 1. The maximum absolute atomic E-state index is 12.7. The van der Waals surface area contributed by atoms with Crippen LogP contribution in [0, 0.1) is 0 Å². The largest absolute Gasteiger partial charge is 0.298 e. The average Bonchev–Trinajstić information content (AvgIpc) is 3.32. The molecule has 2 N–H and O–H groups in total. The molecule has 1 aliphatic carbocycles. The van der Waals surface area contributed by atoms with Gasteiger partial charge >= 0.3 is 0 Å². The number of aryl methyl sites for hydroxylation is 2. The molecule has 3 aromatic carbocycles. The van der Waals surface area contributed by atoms with Crippen molar-refractivity contribution >= 4 is 38.1 Å². The number of nitrogens with one attached hydrogen (secondary N) is 2. The summed E-state index contributed by atoms with van der Waals surface area (Å²) in [6, 6.07) is 21.0. The number of hydrogen-bond acceptors (Lipinski definition) is 5. The van der Waals surface area contributed by atoms with Crippen molar-refractivity contribution in [3.8, 4) is 11.3 Å². The molecule has 8 heteroatoms. The molecule has 0 bridgehead atoms. The number of aromatic nitrogens is 1. The van der Waals surface area contributed by atoms with Crippen molar-refractivity contribution in [2.24, 2.45) is 0 Å². The summed E-state index contributed by atoms with van der Waals surface area (Å²) in [6.07, 6.45) is 4.70. The van der Waals surface area contributed by atoms with Gasteiger partial charge in [-0.25, -0.2) is 13.4 Å². The van der Waals surface area contributed by atoms with Crippen LogP contribution in [-0.4, -0.2) is 19.3 Å². The summed E-state index contributed by atoms with van der Waals surface area (Å²) < 4.78 is 27.7. The number of thiazole rings is 1. The Morgan fingerprint density at radius 3 is 2.38 bits per heavy atom. The molecular formula is C26H23N3O3S2. The van der Waals surface area contributed by atoms with E-state index in [9.17, 15) is 13.2 Å². The Morgan fingerprint density at radius 1 is 0.882 bits per heavy atom. The Bertz CT molecular complexity index is 1430. The van der Waals surface area contributed by atoms with E-state index in [1.54, 1.807) is 24.3 Å². The number of nitrogens with zero attached hydrogens (tertiary/aromatic N) is 1. The zero-order valence-electron chi connectivity index (χ0n) is 18.3. The van der Waals surface area contributed by atoms with E-state index in [4.69, 9.17) is 0 Å². The first-order chi connectivity index (χ1) is 16.5. The summed E-state index contributed by atoms with van der Waals surface area (Å²) in [7, 11) is -3.74. The lowest BCUT2D eigenvalue weighted by Crippen LogP contribution is -2.14. The lowest BCUT2D eigenvalue weighted by Gasteiger charge is -2.16. The van der Waals surface area contributed by atoms with Gasteiger partial charge in [0, 0.05) is 22.2 Å². The highest BCUT2D eigenvalue weighted by Crippen LogP contribution is 2.30. The van der Waals surface area contributed by atoms with Crippen molar-refractivity contribution < 1.29 is 13.2 Å². The molecule has 1 amide bonds. The van der Waals surface area contributed by atoms with Gasteiger partial charge in [0.1, 0.15) is 0 Å². The van der Waals surface area contributed by atoms with Crippen molar-refractivity contribution in [2.45, 2.75) is 30.6 Å². The lowest BCUT2D eigenvalue weighted by atomic mass is 9.90. The predicted molar refractivity (Wildman–Crippen MR) is 136 cm³/mol. The van der Waals surface area contributed by atoms with Gasteiger partial charge < -0.3 is 0 Å². The van der Waals surface area contributed by atoms with E-state index in [-0.39, 0.29) is 10.8 Å². The molecule has 0 spiro atoms. The fourth-order valence-corrected chi connectivity index (χ4v) is 5.80. The first-order valence-electron chi connectivity index (χ1n) is 11.0. The number of benzene rings is 3. The maximum atomic E-state index is 12.7. The van der Waals surface area contributed by atoms with Gasteiger partial charge in [-0.1, -0.05) is 30.3 Å². The summed E-state index contributed by atoms with van der Waals surface area (Å²) in [5, 5.41) is 5.25. The van der Waals surface area contributed by atoms with Crippen molar-refractivity contribution in [1.82, 2.24) is 4.98 Å². The highest BCUT2D eigenvalue weighted by Gasteiger charge is 2.16. The van der Waals surface area contributed by atoms with Crippen LogP contribution in [0.1, 0.15) is 34.3 Å². The van der Waals surface area contributed by atoms with Crippen molar-refractivity contribution in [2.75, 3.05) is 10.0 Å². The summed E-state index contributed by atoms with van der Waals surface area (Å²) in [5.74, 6) is -0.341. The zero-order chi connectivity index (χ0) is 23.5. The van der Waals surface area contributed by atoms with E-state index in [1.807, 2.05) is 11.4 Å². The van der Waals surface area contributed by atoms with E-state index >= 15 is 0 Å². The second kappa shape index (κ2) is 9.40. The maximum Gasteiger partial charge on any atom is 0.261 e. The van der Waals surface area contributed by atoms with Crippen LogP contribution in [0.5, 0.6) is 0 Å². The van der Waals surface area contributed by atoms with Crippen LogP contribution in [0.25, 0.3) is 11.3 Å². The smallest absolute Gasteiger partial charge is 0.261 e. The molecule has 1 aliphatic rings. The normalized spacial score (nSPS) is 13.2. The number of rotatable bonds is 6. The first-order valence-corrected chi connectivity index (χ1v) is 13.4. The summed E-state index contributed by atoms with van der Waals surface area (Å²) in [6.45, 7) is 0. The van der Waals surface area contributed by atoms with Gasteiger partial charge in [-0.05, 0) is 79.3 Å². The van der Waals surface area contributed by atoms with E-state index in [1.165, 1.54) is 59.6 Å². The van der Waals surface area contributed by atoms with E-state index < -0.39 is 10.0 Å². The molecule has 0 atom stereocenters. The number of fused-ring (bicyclic) bond motifs is 1. The van der Waals surface area contributed by atoms with E-state index in [0.717, 1.165) is 24.1 Å². The molecule has 0 radical (unpaired) electrons. The van der Waals surface area contributed by atoms with Gasteiger partial charge in [-0.3, -0.25) is 14.8 Å². The van der Waals surface area contributed by atoms with Crippen LogP contribution < -0.4 is 10.0 Å². The van der Waals surface area contributed by atoms with Crippen LogP contribution in [0.4, 0.5) is 10.8 Å². The number of carbonyl (C=O) groups is 1. The Labute approximate surface area is 202 Å². The van der Waals surface area contributed by atoms with Crippen LogP contribution in [0.2, 0.25) is 0 Å². The van der Waals surface area contributed by atoms with Gasteiger partial charge in [-0.15, -0.1) is 11.3 Å². The molecular weight excluding hydrogens is 466 g/mol. The van der Waals surface area contributed by atoms with Crippen LogP contribution in [0.15, 0.2) is 83.1 Å². The monoisotopic (exact) mass is 489 g/mol. The fraction of sp³-hybridized carbons (Fsp3) is 0.154. The number of carbonyl (C=O) groups excluding carboxylic acids is 1.